The molecule has 4 rings (SSSR count). The minimum absolute atomic E-state index is 0.134. The first-order valence-electron chi connectivity index (χ1n) is 9.22. The van der Waals surface area contributed by atoms with Gasteiger partial charge in [-0.15, -0.1) is 11.3 Å². The number of aliphatic hydroxyl groups is 1. The fourth-order valence-electron chi connectivity index (χ4n) is 3.86. The Bertz CT molecular complexity index is 1130. The predicted octanol–water partition coefficient (Wildman–Crippen LogP) is 4.23. The number of hydrogen-bond acceptors (Lipinski definition) is 5. The Labute approximate surface area is 166 Å². The number of Topliss-reactive ketones (excluding diaryl/α,β-unsaturated/α-hetero) is 1. The van der Waals surface area contributed by atoms with Crippen LogP contribution < -0.4 is 0 Å². The van der Waals surface area contributed by atoms with Crippen LogP contribution >= 0.6 is 11.3 Å². The zero-order valence-corrected chi connectivity index (χ0v) is 16.8. The van der Waals surface area contributed by atoms with E-state index in [1.54, 1.807) is 11.8 Å². The van der Waals surface area contributed by atoms with Gasteiger partial charge in [0.1, 0.15) is 0 Å². The monoisotopic (exact) mass is 395 g/mol. The molecule has 0 saturated carbocycles. The molecule has 28 heavy (non-hydrogen) atoms. The standard InChI is InChI=1S/C21H21N3O3S/c1-4-9-24-17(14-10-22-15-8-6-5-7-13(14)15)16(19(26)21(24)27)18(25)20-11(2)23-12(3)28-20/h5-8,10,17,22,26H,4,9H2,1-3H3. The third-order valence-electron chi connectivity index (χ3n) is 5.04. The number of nitrogens with zero attached hydrogens (tertiary/aromatic N) is 2. The molecule has 1 atom stereocenters. The maximum Gasteiger partial charge on any atom is 0.290 e. The van der Waals surface area contributed by atoms with Crippen molar-refractivity contribution in [3.05, 3.63) is 62.9 Å². The highest BCUT2D eigenvalue weighted by Crippen LogP contribution is 2.42. The number of aliphatic hydroxyl groups excluding tert-OH is 1. The molecule has 2 aromatic heterocycles. The number of amides is 1. The molecule has 0 saturated heterocycles. The van der Waals surface area contributed by atoms with Gasteiger partial charge < -0.3 is 15.0 Å². The molecule has 1 unspecified atom stereocenters. The number of carbonyl (C=O) groups is 2. The maximum absolute atomic E-state index is 13.4. The van der Waals surface area contributed by atoms with E-state index in [1.165, 1.54) is 11.3 Å². The predicted molar refractivity (Wildman–Crippen MR) is 109 cm³/mol. The number of rotatable bonds is 5. The van der Waals surface area contributed by atoms with Crippen LogP contribution in [-0.2, 0) is 4.79 Å². The first-order chi connectivity index (χ1) is 13.4. The van der Waals surface area contributed by atoms with E-state index in [4.69, 9.17) is 0 Å². The Morgan fingerprint density at radius 2 is 2.07 bits per heavy atom. The molecule has 2 N–H and O–H groups in total. The molecular weight excluding hydrogens is 374 g/mol. The number of aryl methyl sites for hydroxylation is 2. The van der Waals surface area contributed by atoms with Gasteiger partial charge >= 0.3 is 0 Å². The summed E-state index contributed by atoms with van der Waals surface area (Å²) in [4.78, 5) is 35.8. The zero-order chi connectivity index (χ0) is 20.0. The summed E-state index contributed by atoms with van der Waals surface area (Å²) in [7, 11) is 0. The number of ketones is 1. The molecule has 0 radical (unpaired) electrons. The van der Waals surface area contributed by atoms with Crippen molar-refractivity contribution in [2.75, 3.05) is 6.54 Å². The van der Waals surface area contributed by atoms with Gasteiger partial charge in [0.05, 0.1) is 27.2 Å². The number of hydrogen-bond donors (Lipinski definition) is 2. The molecule has 144 valence electrons. The number of aromatic nitrogens is 2. The topological polar surface area (TPSA) is 86.3 Å². The minimum Gasteiger partial charge on any atom is -0.503 e. The van der Waals surface area contributed by atoms with Gasteiger partial charge in [0.15, 0.2) is 5.76 Å². The number of nitrogens with one attached hydrogen (secondary N) is 1. The minimum atomic E-state index is -0.627. The number of carbonyl (C=O) groups excluding carboxylic acids is 2. The Morgan fingerprint density at radius 1 is 1.32 bits per heavy atom. The number of para-hydroxylation sites is 1. The average Bonchev–Trinajstić information content (AvgIpc) is 3.31. The van der Waals surface area contributed by atoms with E-state index in [1.807, 2.05) is 44.3 Å². The lowest BCUT2D eigenvalue weighted by Gasteiger charge is -2.25. The Balaban J connectivity index is 1.90. The van der Waals surface area contributed by atoms with Gasteiger partial charge in [-0.05, 0) is 26.3 Å². The third-order valence-corrected chi connectivity index (χ3v) is 6.11. The molecule has 1 amide bonds. The van der Waals surface area contributed by atoms with Gasteiger partial charge in [-0.25, -0.2) is 4.98 Å². The van der Waals surface area contributed by atoms with Crippen molar-refractivity contribution in [3.63, 3.8) is 0 Å². The molecule has 0 bridgehead atoms. The second kappa shape index (κ2) is 6.91. The smallest absolute Gasteiger partial charge is 0.290 e. The summed E-state index contributed by atoms with van der Waals surface area (Å²) < 4.78 is 0. The van der Waals surface area contributed by atoms with Crippen LogP contribution in [0, 0.1) is 13.8 Å². The largest absolute Gasteiger partial charge is 0.503 e. The Morgan fingerprint density at radius 3 is 2.75 bits per heavy atom. The van der Waals surface area contributed by atoms with Crippen molar-refractivity contribution in [1.82, 2.24) is 14.9 Å². The van der Waals surface area contributed by atoms with Crippen molar-refractivity contribution >= 4 is 33.9 Å². The summed E-state index contributed by atoms with van der Waals surface area (Å²) in [5.41, 5.74) is 2.48. The first kappa shape index (κ1) is 18.4. The van der Waals surface area contributed by atoms with Gasteiger partial charge in [0.25, 0.3) is 5.91 Å². The number of aromatic amines is 1. The number of thiazole rings is 1. The molecule has 0 spiro atoms. The van der Waals surface area contributed by atoms with Crippen molar-refractivity contribution in [2.24, 2.45) is 0 Å². The number of fused-ring (bicyclic) bond motifs is 1. The number of benzene rings is 1. The first-order valence-corrected chi connectivity index (χ1v) is 10.0. The Hall–Kier alpha value is -2.93. The van der Waals surface area contributed by atoms with E-state index in [0.29, 0.717) is 17.1 Å². The SMILES string of the molecule is CCCN1C(=O)C(O)=C(C(=O)c2sc(C)nc2C)C1c1c[nH]c2ccccc12. The van der Waals surface area contributed by atoms with Crippen LogP contribution in [0.4, 0.5) is 0 Å². The van der Waals surface area contributed by atoms with Crippen molar-refractivity contribution < 1.29 is 14.7 Å². The molecule has 0 fully saturated rings. The molecule has 0 aliphatic carbocycles. The fourth-order valence-corrected chi connectivity index (χ4v) is 4.74. The highest BCUT2D eigenvalue weighted by Gasteiger charge is 2.44. The molecule has 3 aromatic rings. The molecule has 1 aromatic carbocycles. The van der Waals surface area contributed by atoms with Gasteiger partial charge in [-0.1, -0.05) is 25.1 Å². The van der Waals surface area contributed by atoms with Crippen LogP contribution in [0.2, 0.25) is 0 Å². The van der Waals surface area contributed by atoms with E-state index >= 15 is 0 Å². The number of H-pyrrole nitrogens is 1. The summed E-state index contributed by atoms with van der Waals surface area (Å²) in [5.74, 6) is -1.29. The second-order valence-corrected chi connectivity index (χ2v) is 8.13. The van der Waals surface area contributed by atoms with E-state index in [2.05, 4.69) is 9.97 Å². The summed E-state index contributed by atoms with van der Waals surface area (Å²) in [5, 5.41) is 12.4. The molecule has 1 aliphatic rings. The lowest BCUT2D eigenvalue weighted by molar-refractivity contribution is -0.129. The molecular formula is C21H21N3O3S. The molecule has 1 aliphatic heterocycles. The lowest BCUT2D eigenvalue weighted by Crippen LogP contribution is -2.31. The van der Waals surface area contributed by atoms with Gasteiger partial charge in [-0.3, -0.25) is 9.59 Å². The zero-order valence-electron chi connectivity index (χ0n) is 15.9. The Kier molecular flexibility index (Phi) is 4.55. The fraction of sp³-hybridized carbons (Fsp3) is 0.286. The van der Waals surface area contributed by atoms with Crippen LogP contribution in [0.3, 0.4) is 0 Å². The van der Waals surface area contributed by atoms with Crippen molar-refractivity contribution in [3.8, 4) is 0 Å². The summed E-state index contributed by atoms with van der Waals surface area (Å²) in [6.07, 6.45) is 2.54. The highest BCUT2D eigenvalue weighted by molar-refractivity contribution is 7.14. The van der Waals surface area contributed by atoms with Crippen LogP contribution in [0.15, 0.2) is 41.8 Å². The lowest BCUT2D eigenvalue weighted by atomic mass is 9.94. The summed E-state index contributed by atoms with van der Waals surface area (Å²) in [6.45, 7) is 6.02. The molecule has 6 nitrogen and oxygen atoms in total. The quantitative estimate of drug-likeness (QED) is 0.633. The van der Waals surface area contributed by atoms with Crippen LogP contribution in [-0.4, -0.2) is 38.2 Å². The normalized spacial score (nSPS) is 17.2. The van der Waals surface area contributed by atoms with Crippen molar-refractivity contribution in [1.29, 1.82) is 0 Å². The van der Waals surface area contributed by atoms with Crippen LogP contribution in [0.5, 0.6) is 0 Å². The van der Waals surface area contributed by atoms with E-state index in [-0.39, 0.29) is 11.4 Å². The summed E-state index contributed by atoms with van der Waals surface area (Å²) >= 11 is 1.29. The maximum atomic E-state index is 13.4. The van der Waals surface area contributed by atoms with Crippen molar-refractivity contribution in [2.45, 2.75) is 33.2 Å². The summed E-state index contributed by atoms with van der Waals surface area (Å²) in [6, 6.07) is 7.12. The average molecular weight is 395 g/mol. The van der Waals surface area contributed by atoms with E-state index in [9.17, 15) is 14.7 Å². The van der Waals surface area contributed by atoms with Gasteiger partial charge in [0, 0.05) is 29.2 Å². The van der Waals surface area contributed by atoms with E-state index in [0.717, 1.165) is 27.9 Å². The third kappa shape index (κ3) is 2.74. The molecule has 7 heteroatoms. The van der Waals surface area contributed by atoms with Gasteiger partial charge in [0.2, 0.25) is 5.78 Å². The van der Waals surface area contributed by atoms with Crippen LogP contribution in [0.25, 0.3) is 10.9 Å². The van der Waals surface area contributed by atoms with Crippen LogP contribution in [0.1, 0.15) is 45.3 Å². The highest BCUT2D eigenvalue weighted by atomic mass is 32.1. The second-order valence-electron chi connectivity index (χ2n) is 6.93. The van der Waals surface area contributed by atoms with Gasteiger partial charge in [-0.2, -0.15) is 0 Å². The van der Waals surface area contributed by atoms with E-state index < -0.39 is 17.7 Å². The molecule has 3 heterocycles.